The molecule has 0 radical (unpaired) electrons. The van der Waals surface area contributed by atoms with Gasteiger partial charge in [-0.1, -0.05) is 18.9 Å². The van der Waals surface area contributed by atoms with E-state index >= 15 is 0 Å². The monoisotopic (exact) mass is 470 g/mol. The number of rotatable bonds is 7. The molecule has 1 atom stereocenters. The Morgan fingerprint density at radius 1 is 1.27 bits per heavy atom. The zero-order valence-electron chi connectivity index (χ0n) is 19.4. The molecule has 0 bridgehead atoms. The maximum atomic E-state index is 13.7. The third-order valence-corrected chi connectivity index (χ3v) is 6.46. The lowest BCUT2D eigenvalue weighted by atomic mass is 10.0. The van der Waals surface area contributed by atoms with E-state index in [4.69, 9.17) is 4.42 Å². The highest BCUT2D eigenvalue weighted by molar-refractivity contribution is 7.10. The summed E-state index contributed by atoms with van der Waals surface area (Å²) in [6, 6.07) is 6.71. The number of nitrogens with zero attached hydrogens (tertiary/aromatic N) is 5. The third kappa shape index (κ3) is 5.50. The predicted octanol–water partition coefficient (Wildman–Crippen LogP) is 3.73. The van der Waals surface area contributed by atoms with Gasteiger partial charge in [0.2, 0.25) is 17.6 Å². The van der Waals surface area contributed by atoms with Crippen molar-refractivity contribution in [2.75, 3.05) is 0 Å². The topological polar surface area (TPSA) is 106 Å². The first-order chi connectivity index (χ1) is 15.7. The number of carbonyl (C=O) groups is 2. The maximum Gasteiger partial charge on any atom is 0.248 e. The lowest BCUT2D eigenvalue weighted by Gasteiger charge is -2.36. The summed E-state index contributed by atoms with van der Waals surface area (Å²) in [4.78, 5) is 31.0. The molecule has 0 aromatic carbocycles. The average Bonchev–Trinajstić information content (AvgIpc) is 3.51. The Hall–Kier alpha value is -3.01. The zero-order chi connectivity index (χ0) is 23.6. The molecule has 33 heavy (non-hydrogen) atoms. The summed E-state index contributed by atoms with van der Waals surface area (Å²) in [6.07, 6.45) is 3.82. The van der Waals surface area contributed by atoms with E-state index in [1.807, 2.05) is 51.3 Å². The molecule has 1 saturated carbocycles. The van der Waals surface area contributed by atoms with Crippen LogP contribution in [0.25, 0.3) is 11.6 Å². The summed E-state index contributed by atoms with van der Waals surface area (Å²) >= 11 is 1.48. The number of hydrogen-bond acceptors (Lipinski definition) is 7. The highest BCUT2D eigenvalue weighted by Crippen LogP contribution is 2.34. The van der Waals surface area contributed by atoms with E-state index < -0.39 is 11.6 Å². The van der Waals surface area contributed by atoms with Crippen molar-refractivity contribution in [1.82, 2.24) is 30.4 Å². The number of amides is 2. The summed E-state index contributed by atoms with van der Waals surface area (Å²) < 4.78 is 5.56. The van der Waals surface area contributed by atoms with Crippen molar-refractivity contribution < 1.29 is 14.0 Å². The smallest absolute Gasteiger partial charge is 0.248 e. The number of furan rings is 1. The van der Waals surface area contributed by atoms with Crippen LogP contribution in [0.3, 0.4) is 0 Å². The van der Waals surface area contributed by atoms with Crippen LogP contribution in [0.15, 0.2) is 34.1 Å². The van der Waals surface area contributed by atoms with Gasteiger partial charge in [0.1, 0.15) is 18.3 Å². The van der Waals surface area contributed by atoms with Crippen LogP contribution in [-0.2, 0) is 16.1 Å². The molecule has 9 nitrogen and oxygen atoms in total. The number of hydrogen-bond donors (Lipinski definition) is 1. The van der Waals surface area contributed by atoms with Crippen LogP contribution in [-0.4, -0.2) is 48.5 Å². The Labute approximate surface area is 197 Å². The predicted molar refractivity (Wildman–Crippen MR) is 124 cm³/mol. The molecule has 1 fully saturated rings. The second kappa shape index (κ2) is 9.46. The van der Waals surface area contributed by atoms with Crippen LogP contribution in [0.4, 0.5) is 0 Å². The van der Waals surface area contributed by atoms with Gasteiger partial charge in [0.15, 0.2) is 5.76 Å². The van der Waals surface area contributed by atoms with Crippen LogP contribution in [0, 0.1) is 6.92 Å². The number of thiophene rings is 1. The van der Waals surface area contributed by atoms with Crippen molar-refractivity contribution in [2.24, 2.45) is 0 Å². The second-order valence-electron chi connectivity index (χ2n) is 9.45. The molecule has 3 aromatic rings. The molecule has 2 amide bonds. The van der Waals surface area contributed by atoms with Crippen LogP contribution in [0.5, 0.6) is 0 Å². The first-order valence-corrected chi connectivity index (χ1v) is 12.1. The fourth-order valence-electron chi connectivity index (χ4n) is 4.18. The number of aromatic nitrogens is 4. The summed E-state index contributed by atoms with van der Waals surface area (Å²) in [5.41, 5.74) is -0.416. The first-order valence-electron chi connectivity index (χ1n) is 11.2. The minimum Gasteiger partial charge on any atom is -0.458 e. The van der Waals surface area contributed by atoms with E-state index in [9.17, 15) is 9.59 Å². The van der Waals surface area contributed by atoms with Crippen LogP contribution < -0.4 is 5.32 Å². The summed E-state index contributed by atoms with van der Waals surface area (Å²) in [6.45, 7) is 7.55. The number of carbonyl (C=O) groups excluding carboxylic acids is 2. The number of tetrazole rings is 1. The molecule has 1 aliphatic rings. The van der Waals surface area contributed by atoms with Crippen LogP contribution in [0.1, 0.15) is 63.1 Å². The SMILES string of the molecule is Cc1ccc(-c2nnn(CC(=O)N(C3CCCC3)C(C(=O)NC(C)(C)C)c3cccs3)n2)o1. The Bertz CT molecular complexity index is 1090. The highest BCUT2D eigenvalue weighted by atomic mass is 32.1. The average molecular weight is 471 g/mol. The quantitative estimate of drug-likeness (QED) is 0.564. The lowest BCUT2D eigenvalue weighted by Crippen LogP contribution is -2.52. The molecule has 4 rings (SSSR count). The molecule has 0 saturated heterocycles. The first kappa shape index (κ1) is 23.2. The highest BCUT2D eigenvalue weighted by Gasteiger charge is 2.39. The standard InChI is InChI=1S/C23H30N6O3S/c1-15-11-12-17(32-15)21-25-27-28(26-21)14-19(30)29(16-8-5-6-9-16)20(18-10-7-13-33-18)22(31)24-23(2,3)4/h7,10-13,16,20H,5-6,8-9,14H2,1-4H3,(H,24,31). The van der Waals surface area contributed by atoms with Crippen molar-refractivity contribution >= 4 is 23.2 Å². The summed E-state index contributed by atoms with van der Waals surface area (Å²) in [7, 11) is 0. The summed E-state index contributed by atoms with van der Waals surface area (Å²) in [5.74, 6) is 1.18. The molecule has 0 aliphatic heterocycles. The van der Waals surface area contributed by atoms with Crippen molar-refractivity contribution in [3.05, 3.63) is 40.3 Å². The Kier molecular flexibility index (Phi) is 6.64. The van der Waals surface area contributed by atoms with E-state index in [0.29, 0.717) is 11.6 Å². The van der Waals surface area contributed by atoms with Gasteiger partial charge in [0, 0.05) is 16.5 Å². The van der Waals surface area contributed by atoms with Gasteiger partial charge in [-0.15, -0.1) is 21.5 Å². The molecular weight excluding hydrogens is 440 g/mol. The molecule has 176 valence electrons. The van der Waals surface area contributed by atoms with Gasteiger partial charge in [-0.25, -0.2) is 0 Å². The van der Waals surface area contributed by atoms with Crippen LogP contribution in [0.2, 0.25) is 0 Å². The van der Waals surface area contributed by atoms with Gasteiger partial charge in [-0.2, -0.15) is 4.80 Å². The summed E-state index contributed by atoms with van der Waals surface area (Å²) in [5, 5.41) is 17.4. The minimum atomic E-state index is -0.699. The normalized spacial score (nSPS) is 15.5. The molecule has 1 unspecified atom stereocenters. The Morgan fingerprint density at radius 2 is 2.03 bits per heavy atom. The third-order valence-electron chi connectivity index (χ3n) is 5.53. The van der Waals surface area contributed by atoms with Gasteiger partial charge in [0.25, 0.3) is 0 Å². The van der Waals surface area contributed by atoms with Crippen LogP contribution >= 0.6 is 11.3 Å². The van der Waals surface area contributed by atoms with Crippen molar-refractivity contribution in [1.29, 1.82) is 0 Å². The van der Waals surface area contributed by atoms with Crippen molar-refractivity contribution in [2.45, 2.75) is 77.5 Å². The largest absolute Gasteiger partial charge is 0.458 e. The van der Waals surface area contributed by atoms with Crippen molar-refractivity contribution in [3.63, 3.8) is 0 Å². The van der Waals surface area contributed by atoms with Gasteiger partial charge >= 0.3 is 0 Å². The minimum absolute atomic E-state index is 0.00830. The van der Waals surface area contributed by atoms with Crippen molar-refractivity contribution in [3.8, 4) is 11.6 Å². The second-order valence-corrected chi connectivity index (χ2v) is 10.4. The zero-order valence-corrected chi connectivity index (χ0v) is 20.3. The lowest BCUT2D eigenvalue weighted by molar-refractivity contribution is -0.145. The van der Waals surface area contributed by atoms with E-state index in [1.54, 1.807) is 11.0 Å². The maximum absolute atomic E-state index is 13.7. The molecule has 3 heterocycles. The van der Waals surface area contributed by atoms with Gasteiger partial charge in [0.05, 0.1) is 0 Å². The molecule has 3 aromatic heterocycles. The fraction of sp³-hybridized carbons (Fsp3) is 0.522. The molecule has 1 aliphatic carbocycles. The fourth-order valence-corrected chi connectivity index (χ4v) is 5.01. The van der Waals surface area contributed by atoms with Gasteiger partial charge in [-0.05, 0) is 69.3 Å². The van der Waals surface area contributed by atoms with E-state index in [2.05, 4.69) is 20.7 Å². The molecule has 1 N–H and O–H groups in total. The van der Waals surface area contributed by atoms with E-state index in [0.717, 1.165) is 36.3 Å². The van der Waals surface area contributed by atoms with E-state index in [1.165, 1.54) is 16.1 Å². The number of aryl methyl sites for hydroxylation is 1. The van der Waals surface area contributed by atoms with Gasteiger partial charge in [-0.3, -0.25) is 9.59 Å². The van der Waals surface area contributed by atoms with Gasteiger partial charge < -0.3 is 14.6 Å². The van der Waals surface area contributed by atoms with E-state index in [-0.39, 0.29) is 24.4 Å². The molecule has 0 spiro atoms. The Morgan fingerprint density at radius 3 is 2.64 bits per heavy atom. The Balaban J connectivity index is 1.62. The number of nitrogens with one attached hydrogen (secondary N) is 1. The molecule has 10 heteroatoms. The molecular formula is C23H30N6O3S.